The summed E-state index contributed by atoms with van der Waals surface area (Å²) in [6, 6.07) is 1.52. The van der Waals surface area contributed by atoms with E-state index in [9.17, 15) is 14.4 Å². The van der Waals surface area contributed by atoms with Gasteiger partial charge in [0, 0.05) is 38.4 Å². The molecule has 132 valence electrons. The van der Waals surface area contributed by atoms with Crippen molar-refractivity contribution in [3.05, 3.63) is 32.6 Å². The van der Waals surface area contributed by atoms with Gasteiger partial charge in [0.1, 0.15) is 6.04 Å². The molecule has 1 aromatic rings. The molecule has 24 heavy (non-hydrogen) atoms. The molecule has 0 radical (unpaired) electrons. The van der Waals surface area contributed by atoms with Crippen LogP contribution in [0.25, 0.3) is 0 Å². The summed E-state index contributed by atoms with van der Waals surface area (Å²) < 4.78 is 7.57. The molecule has 3 atom stereocenters. The van der Waals surface area contributed by atoms with Gasteiger partial charge in [-0.2, -0.15) is 0 Å². The summed E-state index contributed by atoms with van der Waals surface area (Å²) >= 11 is 0. The summed E-state index contributed by atoms with van der Waals surface area (Å²) in [7, 11) is 4.55. The van der Waals surface area contributed by atoms with Gasteiger partial charge in [-0.05, 0) is 25.2 Å². The van der Waals surface area contributed by atoms with E-state index in [1.54, 1.807) is 7.05 Å². The lowest BCUT2D eigenvalue weighted by atomic mass is 9.85. The third kappa shape index (κ3) is 2.81. The molecule has 0 unspecified atom stereocenters. The number of ether oxygens (including phenoxy) is 1. The van der Waals surface area contributed by atoms with Gasteiger partial charge in [0.2, 0.25) is 0 Å². The van der Waals surface area contributed by atoms with Gasteiger partial charge in [0.25, 0.3) is 5.56 Å². The second-order valence-corrected chi connectivity index (χ2v) is 6.93. The Balaban J connectivity index is 1.95. The van der Waals surface area contributed by atoms with Crippen molar-refractivity contribution in [2.24, 2.45) is 20.0 Å². The molecule has 2 heterocycles. The van der Waals surface area contributed by atoms with Crippen molar-refractivity contribution in [1.29, 1.82) is 0 Å². The lowest BCUT2D eigenvalue weighted by Gasteiger charge is -2.33. The summed E-state index contributed by atoms with van der Waals surface area (Å²) in [5.74, 6) is 0.268. The first-order valence-corrected chi connectivity index (χ1v) is 8.53. The third-order valence-electron chi connectivity index (χ3n) is 5.66. The summed E-state index contributed by atoms with van der Waals surface area (Å²) in [5, 5.41) is 0. The van der Waals surface area contributed by atoms with Crippen molar-refractivity contribution >= 4 is 5.97 Å². The normalized spacial score (nSPS) is 27.0. The number of methoxy groups -OCH3 is 1. The first-order chi connectivity index (χ1) is 11.4. The van der Waals surface area contributed by atoms with Crippen LogP contribution in [0.4, 0.5) is 0 Å². The second kappa shape index (κ2) is 6.55. The molecule has 1 saturated carbocycles. The minimum atomic E-state index is -0.341. The van der Waals surface area contributed by atoms with E-state index in [1.165, 1.54) is 31.2 Å². The highest BCUT2D eigenvalue weighted by Crippen LogP contribution is 2.40. The van der Waals surface area contributed by atoms with Crippen LogP contribution in [-0.2, 0) is 30.2 Å². The average Bonchev–Trinajstić information content (AvgIpc) is 2.95. The SMILES string of the molecule is COC(=O)[C@@H]1C[C@H]2CCCC[C@@H]2N1Cc1cc(=O)n(C)c(=O)n1C. The van der Waals surface area contributed by atoms with Gasteiger partial charge >= 0.3 is 11.7 Å². The Kier molecular flexibility index (Phi) is 4.62. The van der Waals surface area contributed by atoms with Gasteiger partial charge in [-0.1, -0.05) is 12.8 Å². The fraction of sp³-hybridized carbons (Fsp3) is 0.706. The fourth-order valence-corrected chi connectivity index (χ4v) is 4.27. The van der Waals surface area contributed by atoms with Crippen molar-refractivity contribution in [2.75, 3.05) is 7.11 Å². The number of hydrogen-bond acceptors (Lipinski definition) is 5. The van der Waals surface area contributed by atoms with Gasteiger partial charge in [-0.25, -0.2) is 4.79 Å². The molecule has 2 aliphatic rings. The highest BCUT2D eigenvalue weighted by molar-refractivity contribution is 5.76. The predicted molar refractivity (Wildman–Crippen MR) is 88.6 cm³/mol. The van der Waals surface area contributed by atoms with Crippen LogP contribution in [0.2, 0.25) is 0 Å². The van der Waals surface area contributed by atoms with E-state index in [1.807, 2.05) is 0 Å². The number of aromatic nitrogens is 2. The monoisotopic (exact) mass is 335 g/mol. The van der Waals surface area contributed by atoms with Crippen LogP contribution in [0.15, 0.2) is 15.7 Å². The maximum Gasteiger partial charge on any atom is 0.330 e. The Morgan fingerprint density at radius 2 is 1.92 bits per heavy atom. The third-order valence-corrected chi connectivity index (χ3v) is 5.66. The molecular formula is C17H25N3O4. The number of fused-ring (bicyclic) bond motifs is 1. The van der Waals surface area contributed by atoms with Crippen LogP contribution in [0.3, 0.4) is 0 Å². The maximum atomic E-state index is 12.2. The Labute approximate surface area is 140 Å². The van der Waals surface area contributed by atoms with Crippen LogP contribution in [0, 0.1) is 5.92 Å². The number of hydrogen-bond donors (Lipinski definition) is 0. The molecule has 7 nitrogen and oxygen atoms in total. The van der Waals surface area contributed by atoms with Gasteiger partial charge in [0.15, 0.2) is 0 Å². The number of nitrogens with zero attached hydrogens (tertiary/aromatic N) is 3. The Morgan fingerprint density at radius 3 is 2.62 bits per heavy atom. The standard InChI is InChI=1S/C17H25N3O4/c1-18-12(9-15(21)19(2)17(18)23)10-20-13-7-5-4-6-11(13)8-14(20)16(22)24-3/h9,11,13-14H,4-8,10H2,1-3H3/t11-,13+,14+/m1/s1. The molecule has 0 N–H and O–H groups in total. The van der Waals surface area contributed by atoms with Crippen molar-refractivity contribution in [3.8, 4) is 0 Å². The van der Waals surface area contributed by atoms with Crippen LogP contribution in [-0.4, -0.2) is 39.2 Å². The number of carbonyl (C=O) groups excluding carboxylic acids is 1. The number of esters is 1. The van der Waals surface area contributed by atoms with Gasteiger partial charge in [0.05, 0.1) is 7.11 Å². The topological polar surface area (TPSA) is 73.5 Å². The van der Waals surface area contributed by atoms with E-state index in [0.717, 1.165) is 30.3 Å². The van der Waals surface area contributed by atoms with Gasteiger partial charge in [-0.15, -0.1) is 0 Å². The van der Waals surface area contributed by atoms with Gasteiger partial charge in [-0.3, -0.25) is 23.6 Å². The predicted octanol–water partition coefficient (Wildman–Crippen LogP) is 0.390. The molecule has 0 aromatic carbocycles. The van der Waals surface area contributed by atoms with E-state index in [-0.39, 0.29) is 23.3 Å². The minimum absolute atomic E-state index is 0.224. The van der Waals surface area contributed by atoms with E-state index in [2.05, 4.69) is 4.90 Å². The van der Waals surface area contributed by atoms with E-state index < -0.39 is 0 Å². The van der Waals surface area contributed by atoms with Crippen molar-refractivity contribution < 1.29 is 9.53 Å². The summed E-state index contributed by atoms with van der Waals surface area (Å²) in [6.45, 7) is 0.419. The lowest BCUT2D eigenvalue weighted by Crippen LogP contribution is -2.45. The van der Waals surface area contributed by atoms with Gasteiger partial charge < -0.3 is 4.74 Å². The molecule has 1 aliphatic carbocycles. The largest absolute Gasteiger partial charge is 0.468 e. The van der Waals surface area contributed by atoms with Crippen molar-refractivity contribution in [3.63, 3.8) is 0 Å². The smallest absolute Gasteiger partial charge is 0.330 e. The zero-order valence-corrected chi connectivity index (χ0v) is 14.5. The zero-order valence-electron chi connectivity index (χ0n) is 14.5. The Morgan fingerprint density at radius 1 is 1.21 bits per heavy atom. The summed E-state index contributed by atoms with van der Waals surface area (Å²) in [5.41, 5.74) is -0.0168. The van der Waals surface area contributed by atoms with E-state index in [0.29, 0.717) is 24.2 Å². The first kappa shape index (κ1) is 17.0. The maximum absolute atomic E-state index is 12.2. The molecule has 0 spiro atoms. The van der Waals surface area contributed by atoms with Crippen molar-refractivity contribution in [2.45, 2.75) is 50.7 Å². The molecule has 1 aromatic heterocycles. The molecule has 7 heteroatoms. The summed E-state index contributed by atoms with van der Waals surface area (Å²) in [6.07, 6.45) is 5.34. The van der Waals surface area contributed by atoms with Crippen LogP contribution >= 0.6 is 0 Å². The Hall–Kier alpha value is -1.89. The van der Waals surface area contributed by atoms with E-state index >= 15 is 0 Å². The number of likely N-dealkylation sites (tertiary alicyclic amines) is 1. The molecule has 1 saturated heterocycles. The van der Waals surface area contributed by atoms with Crippen molar-refractivity contribution in [1.82, 2.24) is 14.0 Å². The van der Waals surface area contributed by atoms with E-state index in [4.69, 9.17) is 4.74 Å². The quantitative estimate of drug-likeness (QED) is 0.747. The summed E-state index contributed by atoms with van der Waals surface area (Å²) in [4.78, 5) is 38.5. The zero-order chi connectivity index (χ0) is 17.4. The fourth-order valence-electron chi connectivity index (χ4n) is 4.27. The average molecular weight is 335 g/mol. The highest BCUT2D eigenvalue weighted by Gasteiger charge is 2.45. The molecule has 2 fully saturated rings. The van der Waals surface area contributed by atoms with Crippen LogP contribution in [0.1, 0.15) is 37.8 Å². The molecule has 0 amide bonds. The van der Waals surface area contributed by atoms with Crippen LogP contribution < -0.4 is 11.2 Å². The highest BCUT2D eigenvalue weighted by atomic mass is 16.5. The minimum Gasteiger partial charge on any atom is -0.468 e. The lowest BCUT2D eigenvalue weighted by molar-refractivity contribution is -0.146. The van der Waals surface area contributed by atoms with Crippen LogP contribution in [0.5, 0.6) is 0 Å². The molecule has 3 rings (SSSR count). The molecule has 1 aliphatic heterocycles. The molecule has 0 bridgehead atoms. The number of carbonyl (C=O) groups is 1. The second-order valence-electron chi connectivity index (χ2n) is 6.93. The number of rotatable bonds is 3. The first-order valence-electron chi connectivity index (χ1n) is 8.53. The Bertz CT molecular complexity index is 751. The molecular weight excluding hydrogens is 310 g/mol.